The van der Waals surface area contributed by atoms with E-state index in [-0.39, 0.29) is 61.1 Å². The number of nitrogens with zero attached hydrogens (tertiary/aromatic N) is 1. The van der Waals surface area contributed by atoms with Crippen LogP contribution in [0.3, 0.4) is 0 Å². The van der Waals surface area contributed by atoms with Gasteiger partial charge in [0.05, 0.1) is 17.9 Å². The maximum atomic E-state index is 15.8. The number of nitrogens with two attached hydrogens (primary N) is 1. The Labute approximate surface area is 255 Å². The van der Waals surface area contributed by atoms with E-state index in [2.05, 4.69) is 20.3 Å². The van der Waals surface area contributed by atoms with Crippen molar-refractivity contribution in [2.24, 2.45) is 5.73 Å². The lowest BCUT2D eigenvalue weighted by molar-refractivity contribution is -0.136. The van der Waals surface area contributed by atoms with Gasteiger partial charge in [0, 0.05) is 72.3 Å². The number of carbonyl (C=O) groups is 1. The predicted molar refractivity (Wildman–Crippen MR) is 161 cm³/mol. The second kappa shape index (κ2) is 12.8. The fourth-order valence-corrected chi connectivity index (χ4v) is 5.53. The first-order chi connectivity index (χ1) is 21.8. The van der Waals surface area contributed by atoms with Crippen LogP contribution in [0.1, 0.15) is 41.1 Å². The van der Waals surface area contributed by atoms with Gasteiger partial charge in [-0.15, -0.1) is 0 Å². The molecule has 0 amide bonds. The van der Waals surface area contributed by atoms with Crippen molar-refractivity contribution in [1.29, 1.82) is 0 Å². The molecule has 0 aliphatic carbocycles. The Morgan fingerprint density at radius 3 is 2.82 bits per heavy atom. The molecule has 45 heavy (non-hydrogen) atoms. The van der Waals surface area contributed by atoms with Gasteiger partial charge in [0.2, 0.25) is 0 Å². The Balaban J connectivity index is 1.42. The molecule has 0 saturated heterocycles. The quantitative estimate of drug-likeness (QED) is 0.161. The molecule has 6 N–H and O–H groups in total. The molecule has 0 fully saturated rings. The number of H-pyrrole nitrogens is 2. The molecule has 1 atom stereocenters. The highest BCUT2D eigenvalue weighted by atomic mass is 19.1. The van der Waals surface area contributed by atoms with Crippen molar-refractivity contribution < 1.29 is 32.5 Å². The standard InChI is InChI=1S/C33H30F3N5O4/c34-26-6-5-20-12-24(26)33-40-16-29(41-33)22(23-3-1-2-18(31(23)36)4-7-30(42)43)9-11-44-17-19(37)14-38-15-25-21-8-10-39-28(21)13-27(35)32(25)45-20/h1-3,5-6,8,10,12-14,16,22,38-39H,4,7,9,11,15,17,37H2,(H,40,41)(H,42,43)/b19-14-. The molecule has 1 aliphatic rings. The minimum Gasteiger partial charge on any atom is -0.481 e. The molecule has 9 nitrogen and oxygen atoms in total. The van der Waals surface area contributed by atoms with Crippen LogP contribution in [0, 0.1) is 17.5 Å². The third-order valence-electron chi connectivity index (χ3n) is 7.73. The highest BCUT2D eigenvalue weighted by Gasteiger charge is 2.24. The number of rotatable bonds is 4. The molecule has 0 saturated carbocycles. The number of benzene rings is 3. The lowest BCUT2D eigenvalue weighted by Gasteiger charge is -2.19. The van der Waals surface area contributed by atoms with Gasteiger partial charge in [0.1, 0.15) is 23.2 Å². The summed E-state index contributed by atoms with van der Waals surface area (Å²) in [5.41, 5.74) is 8.81. The second-order valence-electron chi connectivity index (χ2n) is 10.7. The first-order valence-electron chi connectivity index (χ1n) is 14.3. The highest BCUT2D eigenvalue weighted by Crippen LogP contribution is 2.37. The summed E-state index contributed by atoms with van der Waals surface area (Å²) in [7, 11) is 0. The first kappa shape index (κ1) is 29.8. The summed E-state index contributed by atoms with van der Waals surface area (Å²) in [5.74, 6) is -3.04. The van der Waals surface area contributed by atoms with E-state index in [1.54, 1.807) is 30.6 Å². The largest absolute Gasteiger partial charge is 0.481 e. The average molecular weight is 618 g/mol. The van der Waals surface area contributed by atoms with Crippen molar-refractivity contribution in [2.75, 3.05) is 13.2 Å². The molecule has 232 valence electrons. The molecule has 12 heteroatoms. The van der Waals surface area contributed by atoms with Crippen LogP contribution in [-0.4, -0.2) is 39.2 Å². The number of hydrogen-bond donors (Lipinski definition) is 5. The molecule has 1 unspecified atom stereocenters. The van der Waals surface area contributed by atoms with Gasteiger partial charge in [-0.05, 0) is 48.2 Å². The Morgan fingerprint density at radius 2 is 1.98 bits per heavy atom. The number of nitrogens with one attached hydrogen (secondary N) is 3. The molecule has 3 heterocycles. The van der Waals surface area contributed by atoms with E-state index in [4.69, 9.17) is 20.3 Å². The molecule has 1 aliphatic heterocycles. The number of aliphatic carboxylic acids is 1. The zero-order valence-electron chi connectivity index (χ0n) is 24.0. The van der Waals surface area contributed by atoms with Crippen LogP contribution in [-0.2, 0) is 22.5 Å². The fraction of sp³-hybridized carbons (Fsp3) is 0.212. The molecule has 2 aromatic heterocycles. The van der Waals surface area contributed by atoms with Crippen molar-refractivity contribution in [3.63, 3.8) is 0 Å². The molecule has 0 radical (unpaired) electrons. The van der Waals surface area contributed by atoms with Crippen LogP contribution < -0.4 is 15.8 Å². The molecular formula is C33H30F3N5O4. The van der Waals surface area contributed by atoms with Crippen LogP contribution in [0.2, 0.25) is 0 Å². The fourth-order valence-electron chi connectivity index (χ4n) is 5.53. The number of aromatic nitrogens is 3. The molecule has 4 bridgehead atoms. The third-order valence-corrected chi connectivity index (χ3v) is 7.73. The van der Waals surface area contributed by atoms with Gasteiger partial charge >= 0.3 is 5.97 Å². The Kier molecular flexibility index (Phi) is 8.47. The van der Waals surface area contributed by atoms with Crippen molar-refractivity contribution >= 4 is 16.9 Å². The van der Waals surface area contributed by atoms with Gasteiger partial charge in [0.25, 0.3) is 0 Å². The van der Waals surface area contributed by atoms with Gasteiger partial charge in [-0.2, -0.15) is 0 Å². The maximum Gasteiger partial charge on any atom is 0.303 e. The second-order valence-corrected chi connectivity index (χ2v) is 10.7. The van der Waals surface area contributed by atoms with E-state index in [9.17, 15) is 4.79 Å². The Bertz CT molecular complexity index is 1900. The predicted octanol–water partition coefficient (Wildman–Crippen LogP) is 6.23. The van der Waals surface area contributed by atoms with E-state index in [0.29, 0.717) is 34.5 Å². The van der Waals surface area contributed by atoms with Gasteiger partial charge in [-0.3, -0.25) is 4.79 Å². The van der Waals surface area contributed by atoms with Crippen molar-refractivity contribution in [2.45, 2.75) is 31.7 Å². The number of hydrogen-bond acceptors (Lipinski definition) is 6. The third kappa shape index (κ3) is 6.36. The lowest BCUT2D eigenvalue weighted by Crippen LogP contribution is -2.16. The van der Waals surface area contributed by atoms with Gasteiger partial charge in [-0.25, -0.2) is 18.2 Å². The monoisotopic (exact) mass is 617 g/mol. The van der Waals surface area contributed by atoms with Crippen molar-refractivity contribution in [3.05, 3.63) is 113 Å². The summed E-state index contributed by atoms with van der Waals surface area (Å²) in [5, 5.41) is 12.9. The minimum absolute atomic E-state index is 0.0259. The molecule has 6 rings (SSSR count). The van der Waals surface area contributed by atoms with Crippen LogP contribution >= 0.6 is 0 Å². The number of imidazole rings is 1. The number of carboxylic acids is 1. The number of halogens is 3. The molecule has 5 aromatic rings. The number of fused-ring (bicyclic) bond motifs is 8. The molecule has 0 spiro atoms. The summed E-state index contributed by atoms with van der Waals surface area (Å²) in [4.78, 5) is 21.6. The number of carboxylic acid groups (broad SMARTS) is 1. The summed E-state index contributed by atoms with van der Waals surface area (Å²) in [6.07, 6.45) is 4.88. The summed E-state index contributed by atoms with van der Waals surface area (Å²) in [6.45, 7) is 0.413. The molecular weight excluding hydrogens is 587 g/mol. The van der Waals surface area contributed by atoms with Crippen molar-refractivity contribution in [1.82, 2.24) is 20.3 Å². The normalized spacial score (nSPS) is 16.9. The van der Waals surface area contributed by atoms with Gasteiger partial charge < -0.3 is 35.6 Å². The SMILES string of the molecule is N/C1=C\NCc2c(c(F)cc3[nH]ccc23)Oc2ccc(F)c(c2)-c2ncc([nH]2)C(c2cccc(CCC(=O)O)c2F)CCOC1. The lowest BCUT2D eigenvalue weighted by atomic mass is 9.90. The average Bonchev–Trinajstić information content (AvgIpc) is 3.69. The van der Waals surface area contributed by atoms with Crippen molar-refractivity contribution in [3.8, 4) is 22.9 Å². The van der Waals surface area contributed by atoms with Gasteiger partial charge in [0.15, 0.2) is 11.6 Å². The highest BCUT2D eigenvalue weighted by molar-refractivity contribution is 5.85. The van der Waals surface area contributed by atoms with Gasteiger partial charge in [-0.1, -0.05) is 18.2 Å². The van der Waals surface area contributed by atoms with Crippen LogP contribution in [0.15, 0.2) is 72.8 Å². The number of aromatic amines is 2. The molecule has 3 aromatic carbocycles. The maximum absolute atomic E-state index is 15.8. The number of ether oxygens (including phenoxy) is 2. The minimum atomic E-state index is -1.03. The summed E-state index contributed by atoms with van der Waals surface area (Å²) < 4.78 is 58.2. The Morgan fingerprint density at radius 1 is 1.11 bits per heavy atom. The zero-order chi connectivity index (χ0) is 31.5. The van der Waals surface area contributed by atoms with E-state index >= 15 is 13.2 Å². The summed E-state index contributed by atoms with van der Waals surface area (Å²) in [6, 6.07) is 12.0. The van der Waals surface area contributed by atoms with E-state index in [1.807, 2.05) is 6.07 Å². The zero-order valence-corrected chi connectivity index (χ0v) is 24.0. The number of aryl methyl sites for hydroxylation is 1. The van der Waals surface area contributed by atoms with E-state index in [1.165, 1.54) is 30.5 Å². The summed E-state index contributed by atoms with van der Waals surface area (Å²) >= 11 is 0. The van der Waals surface area contributed by atoms with Crippen LogP contribution in [0.5, 0.6) is 11.5 Å². The van der Waals surface area contributed by atoms with Crippen LogP contribution in [0.25, 0.3) is 22.3 Å². The van der Waals surface area contributed by atoms with Crippen LogP contribution in [0.4, 0.5) is 13.2 Å². The van der Waals surface area contributed by atoms with E-state index in [0.717, 1.165) is 5.39 Å². The van der Waals surface area contributed by atoms with E-state index < -0.39 is 29.3 Å². The first-order valence-corrected chi connectivity index (χ1v) is 14.3. The topological polar surface area (TPSA) is 138 Å². The Hall–Kier alpha value is -5.23. The smallest absolute Gasteiger partial charge is 0.303 e.